The summed E-state index contributed by atoms with van der Waals surface area (Å²) in [6.45, 7) is 3.45. The molecule has 0 fully saturated rings. The van der Waals surface area contributed by atoms with Gasteiger partial charge in [0.1, 0.15) is 11.9 Å². The van der Waals surface area contributed by atoms with E-state index in [1.165, 1.54) is 49.5 Å². The number of nitrogens with one attached hydrogen (secondary N) is 1. The van der Waals surface area contributed by atoms with Crippen LogP contribution < -0.4 is 14.8 Å². The highest BCUT2D eigenvalue weighted by atomic mass is 32.2. The molecule has 37 heavy (non-hydrogen) atoms. The van der Waals surface area contributed by atoms with Crippen molar-refractivity contribution in [3.05, 3.63) is 76.1 Å². The zero-order valence-electron chi connectivity index (χ0n) is 20.5. The van der Waals surface area contributed by atoms with Crippen LogP contribution in [0.15, 0.2) is 69.7 Å². The molecule has 1 N–H and O–H groups in total. The Morgan fingerprint density at radius 1 is 1.14 bits per heavy atom. The Labute approximate surface area is 217 Å². The van der Waals surface area contributed by atoms with Gasteiger partial charge in [0.15, 0.2) is 16.7 Å². The number of para-hydroxylation sites is 1. The molecule has 0 bridgehead atoms. The number of hydrogen-bond donors (Lipinski definition) is 1. The number of carbonyl (C=O) groups excluding carboxylic acids is 3. The topological polar surface area (TPSA) is 107 Å². The third-order valence-corrected chi connectivity index (χ3v) is 6.63. The van der Waals surface area contributed by atoms with Crippen LogP contribution >= 0.6 is 11.8 Å². The molecule has 2 aliphatic rings. The summed E-state index contributed by atoms with van der Waals surface area (Å²) in [5.41, 5.74) is 1.35. The maximum Gasteiger partial charge on any atom is 0.338 e. The first kappa shape index (κ1) is 26.0. The van der Waals surface area contributed by atoms with Gasteiger partial charge in [0, 0.05) is 17.3 Å². The number of hydrogen-bond acceptors (Lipinski definition) is 8. The fraction of sp³-hybridized carbons (Fsp3) is 0.231. The molecular formula is C26H24FN3O6S. The van der Waals surface area contributed by atoms with Gasteiger partial charge in [-0.15, -0.1) is 0 Å². The van der Waals surface area contributed by atoms with Crippen LogP contribution in [0.1, 0.15) is 25.5 Å². The lowest BCUT2D eigenvalue weighted by atomic mass is 9.93. The Morgan fingerprint density at radius 2 is 1.86 bits per heavy atom. The van der Waals surface area contributed by atoms with Crippen molar-refractivity contribution in [3.8, 4) is 11.5 Å². The van der Waals surface area contributed by atoms with Crippen LogP contribution in [0.3, 0.4) is 0 Å². The van der Waals surface area contributed by atoms with Crippen LogP contribution in [0.25, 0.3) is 0 Å². The molecule has 11 heteroatoms. The number of aliphatic imine (C=N–C) groups is 1. The van der Waals surface area contributed by atoms with Gasteiger partial charge in [0.05, 0.1) is 37.0 Å². The molecule has 1 unspecified atom stereocenters. The smallest absolute Gasteiger partial charge is 0.338 e. The van der Waals surface area contributed by atoms with Gasteiger partial charge in [-0.25, -0.2) is 14.2 Å². The third-order valence-electron chi connectivity index (χ3n) is 5.63. The van der Waals surface area contributed by atoms with E-state index in [4.69, 9.17) is 14.2 Å². The number of amidine groups is 1. The molecule has 192 valence electrons. The number of methoxy groups -OCH3 is 2. The Balaban J connectivity index is 1.78. The maximum atomic E-state index is 13.5. The number of esters is 1. The van der Waals surface area contributed by atoms with Gasteiger partial charge in [0.25, 0.3) is 11.8 Å². The predicted molar refractivity (Wildman–Crippen MR) is 137 cm³/mol. The summed E-state index contributed by atoms with van der Waals surface area (Å²) < 4.78 is 29.5. The van der Waals surface area contributed by atoms with E-state index < -0.39 is 29.6 Å². The standard InChI is InChI=1S/C26H24FN3O6S/c1-5-36-25(33)21-14(2)28-26-30(22(21)17-7-6-8-18(34-3)23(17)35-4)20(31)13-19(37-26)24(32)29-16-11-9-15(27)10-12-16/h6-13,22H,5H2,1-4H3,(H,29,32). The van der Waals surface area contributed by atoms with E-state index in [0.717, 1.165) is 11.8 Å². The van der Waals surface area contributed by atoms with Crippen molar-refractivity contribution >= 4 is 40.4 Å². The van der Waals surface area contributed by atoms with Crippen molar-refractivity contribution in [1.29, 1.82) is 0 Å². The lowest BCUT2D eigenvalue weighted by Gasteiger charge is -2.38. The van der Waals surface area contributed by atoms with Gasteiger partial charge in [-0.2, -0.15) is 0 Å². The van der Waals surface area contributed by atoms with Crippen LogP contribution in [0.4, 0.5) is 10.1 Å². The van der Waals surface area contributed by atoms with Crippen molar-refractivity contribution in [3.63, 3.8) is 0 Å². The van der Waals surface area contributed by atoms with Crippen LogP contribution in [0.2, 0.25) is 0 Å². The van der Waals surface area contributed by atoms with Crippen molar-refractivity contribution in [1.82, 2.24) is 4.90 Å². The highest BCUT2D eigenvalue weighted by Gasteiger charge is 2.44. The summed E-state index contributed by atoms with van der Waals surface area (Å²) >= 11 is 0.974. The van der Waals surface area contributed by atoms with E-state index in [-0.39, 0.29) is 22.3 Å². The van der Waals surface area contributed by atoms with Gasteiger partial charge in [-0.05, 0) is 55.9 Å². The average Bonchev–Trinajstić information content (AvgIpc) is 2.88. The number of nitrogens with zero attached hydrogens (tertiary/aromatic N) is 2. The van der Waals surface area contributed by atoms with E-state index in [1.54, 1.807) is 32.0 Å². The van der Waals surface area contributed by atoms with Crippen LogP contribution in [-0.2, 0) is 19.1 Å². The summed E-state index contributed by atoms with van der Waals surface area (Å²) in [5.74, 6) is -1.43. The first-order valence-corrected chi connectivity index (χ1v) is 12.1. The van der Waals surface area contributed by atoms with Gasteiger partial charge in [0.2, 0.25) is 0 Å². The molecule has 2 heterocycles. The first-order valence-electron chi connectivity index (χ1n) is 11.3. The number of thioether (sulfide) groups is 1. The fourth-order valence-electron chi connectivity index (χ4n) is 4.03. The molecule has 4 rings (SSSR count). The number of rotatable bonds is 7. The number of carbonyl (C=O) groups is 3. The summed E-state index contributed by atoms with van der Waals surface area (Å²) in [7, 11) is 2.95. The molecular weight excluding hydrogens is 501 g/mol. The molecule has 2 amide bonds. The van der Waals surface area contributed by atoms with Crippen LogP contribution in [-0.4, -0.2) is 48.7 Å². The number of fused-ring (bicyclic) bond motifs is 1. The molecule has 0 saturated heterocycles. The zero-order chi connectivity index (χ0) is 26.7. The number of allylic oxidation sites excluding steroid dienone is 1. The lowest BCUT2D eigenvalue weighted by molar-refractivity contribution is -0.139. The van der Waals surface area contributed by atoms with Crippen molar-refractivity contribution < 1.29 is 33.0 Å². The van der Waals surface area contributed by atoms with E-state index >= 15 is 0 Å². The Morgan fingerprint density at radius 3 is 2.51 bits per heavy atom. The molecule has 2 aromatic carbocycles. The molecule has 0 aliphatic carbocycles. The highest BCUT2D eigenvalue weighted by molar-refractivity contribution is 8.18. The first-order chi connectivity index (χ1) is 17.8. The number of amides is 2. The van der Waals surface area contributed by atoms with Gasteiger partial charge in [-0.1, -0.05) is 12.1 Å². The Bertz CT molecular complexity index is 1350. The van der Waals surface area contributed by atoms with Crippen molar-refractivity contribution in [2.45, 2.75) is 19.9 Å². The SMILES string of the molecule is CCOC(=O)C1=C(C)N=C2SC(C(=O)Nc3ccc(F)cc3)=CC(=O)N2C1c1cccc(OC)c1OC. The van der Waals surface area contributed by atoms with Crippen LogP contribution in [0.5, 0.6) is 11.5 Å². The monoisotopic (exact) mass is 525 g/mol. The molecule has 1 atom stereocenters. The molecule has 2 aromatic rings. The minimum absolute atomic E-state index is 0.0908. The largest absolute Gasteiger partial charge is 0.493 e. The number of ether oxygens (including phenoxy) is 3. The summed E-state index contributed by atoms with van der Waals surface area (Å²) in [6, 6.07) is 9.45. The van der Waals surface area contributed by atoms with E-state index in [2.05, 4.69) is 10.3 Å². The maximum absolute atomic E-state index is 13.5. The van der Waals surface area contributed by atoms with E-state index in [9.17, 15) is 18.8 Å². The second kappa shape index (κ2) is 10.9. The summed E-state index contributed by atoms with van der Waals surface area (Å²) in [5, 5.41) is 2.85. The van der Waals surface area contributed by atoms with E-state index in [1.807, 2.05) is 0 Å². The number of anilines is 1. The molecule has 0 spiro atoms. The number of benzene rings is 2. The third kappa shape index (κ3) is 5.08. The normalized spacial score (nSPS) is 16.9. The van der Waals surface area contributed by atoms with Crippen molar-refractivity contribution in [2.75, 3.05) is 26.1 Å². The minimum Gasteiger partial charge on any atom is -0.493 e. The second-order valence-corrected chi connectivity index (χ2v) is 8.89. The average molecular weight is 526 g/mol. The molecule has 2 aliphatic heterocycles. The van der Waals surface area contributed by atoms with Gasteiger partial charge in [-0.3, -0.25) is 14.5 Å². The highest BCUT2D eigenvalue weighted by Crippen LogP contribution is 2.46. The second-order valence-electron chi connectivity index (χ2n) is 7.88. The zero-order valence-corrected chi connectivity index (χ0v) is 21.3. The van der Waals surface area contributed by atoms with Crippen LogP contribution in [0, 0.1) is 5.82 Å². The van der Waals surface area contributed by atoms with E-state index in [0.29, 0.717) is 28.4 Å². The summed E-state index contributed by atoms with van der Waals surface area (Å²) in [6.07, 6.45) is 1.17. The Kier molecular flexibility index (Phi) is 7.63. The van der Waals surface area contributed by atoms with Gasteiger partial charge >= 0.3 is 5.97 Å². The molecule has 9 nitrogen and oxygen atoms in total. The summed E-state index contributed by atoms with van der Waals surface area (Å²) in [4.78, 5) is 45.4. The van der Waals surface area contributed by atoms with Gasteiger partial charge < -0.3 is 19.5 Å². The molecule has 0 aromatic heterocycles. The number of halogens is 1. The predicted octanol–water partition coefficient (Wildman–Crippen LogP) is 4.19. The molecule has 0 saturated carbocycles. The lowest BCUT2D eigenvalue weighted by Crippen LogP contribution is -2.45. The fourth-order valence-corrected chi connectivity index (χ4v) is 5.00. The Hall–Kier alpha value is -4.12. The van der Waals surface area contributed by atoms with Crippen molar-refractivity contribution in [2.24, 2.45) is 4.99 Å². The molecule has 0 radical (unpaired) electrons. The minimum atomic E-state index is -0.949. The quantitative estimate of drug-likeness (QED) is 0.541.